The molecule has 1 aliphatic carbocycles. The summed E-state index contributed by atoms with van der Waals surface area (Å²) in [6.45, 7) is 1.27. The van der Waals surface area contributed by atoms with Gasteiger partial charge in [0.15, 0.2) is 0 Å². The predicted octanol–water partition coefficient (Wildman–Crippen LogP) is 0.999. The number of rotatable bonds is 5. The Hall–Kier alpha value is -2.19. The molecule has 0 bridgehead atoms. The van der Waals surface area contributed by atoms with Crippen molar-refractivity contribution in [3.05, 3.63) is 29.6 Å². The number of carbonyl (C=O) groups is 2. The molecule has 3 N–H and O–H groups in total. The lowest BCUT2D eigenvalue weighted by Crippen LogP contribution is -2.42. The van der Waals surface area contributed by atoms with Gasteiger partial charge >= 0.3 is 0 Å². The Balaban J connectivity index is 1.58. The second-order valence-corrected chi connectivity index (χ2v) is 7.06. The summed E-state index contributed by atoms with van der Waals surface area (Å²) in [5.74, 6) is -1.32. The standard InChI is InChI=1S/C19H25FN2O5/c1-26-17-10-12(20)2-3-14(17)19(25)22-15-8-11(9-16(15)23)18(24)21-13-4-6-27-7-5-13/h2-3,10-11,13,15-16,23H,4-9H2,1H3,(H,21,24)(H,22,25)/t11-,15+,16+/m0/s1. The summed E-state index contributed by atoms with van der Waals surface area (Å²) in [5, 5.41) is 16.0. The molecule has 7 nitrogen and oxygen atoms in total. The molecule has 2 fully saturated rings. The second-order valence-electron chi connectivity index (χ2n) is 7.06. The van der Waals surface area contributed by atoms with Crippen LogP contribution in [0.5, 0.6) is 5.75 Å². The fourth-order valence-corrected chi connectivity index (χ4v) is 3.64. The van der Waals surface area contributed by atoms with Crippen LogP contribution in [0.4, 0.5) is 4.39 Å². The van der Waals surface area contributed by atoms with Crippen LogP contribution in [0.3, 0.4) is 0 Å². The molecule has 2 amide bonds. The van der Waals surface area contributed by atoms with Gasteiger partial charge in [0.1, 0.15) is 11.6 Å². The Morgan fingerprint density at radius 1 is 1.22 bits per heavy atom. The van der Waals surface area contributed by atoms with E-state index in [0.29, 0.717) is 26.1 Å². The molecule has 148 valence electrons. The third kappa shape index (κ3) is 4.75. The maximum absolute atomic E-state index is 13.3. The minimum atomic E-state index is -0.814. The van der Waals surface area contributed by atoms with Gasteiger partial charge in [-0.05, 0) is 37.8 Å². The van der Waals surface area contributed by atoms with Gasteiger partial charge < -0.3 is 25.2 Å². The molecule has 2 aliphatic rings. The molecule has 0 spiro atoms. The van der Waals surface area contributed by atoms with E-state index in [1.807, 2.05) is 0 Å². The van der Waals surface area contributed by atoms with E-state index in [4.69, 9.17) is 9.47 Å². The molecular weight excluding hydrogens is 355 g/mol. The van der Waals surface area contributed by atoms with E-state index >= 15 is 0 Å². The highest BCUT2D eigenvalue weighted by atomic mass is 19.1. The molecule has 3 rings (SSSR count). The quantitative estimate of drug-likeness (QED) is 0.708. The van der Waals surface area contributed by atoms with Gasteiger partial charge in [-0.2, -0.15) is 0 Å². The lowest BCUT2D eigenvalue weighted by Gasteiger charge is -2.24. The number of hydrogen-bond acceptors (Lipinski definition) is 5. The Morgan fingerprint density at radius 3 is 2.67 bits per heavy atom. The maximum Gasteiger partial charge on any atom is 0.255 e. The van der Waals surface area contributed by atoms with Crippen molar-refractivity contribution in [2.75, 3.05) is 20.3 Å². The predicted molar refractivity (Wildman–Crippen MR) is 94.9 cm³/mol. The normalized spacial score (nSPS) is 25.8. The number of ether oxygens (including phenoxy) is 2. The first-order chi connectivity index (χ1) is 13.0. The van der Waals surface area contributed by atoms with Crippen LogP contribution in [0, 0.1) is 11.7 Å². The number of aliphatic hydroxyl groups excluding tert-OH is 1. The van der Waals surface area contributed by atoms with Crippen molar-refractivity contribution in [1.82, 2.24) is 10.6 Å². The summed E-state index contributed by atoms with van der Waals surface area (Å²) in [6.07, 6.45) is 1.40. The monoisotopic (exact) mass is 380 g/mol. The van der Waals surface area contributed by atoms with Crippen LogP contribution in [-0.2, 0) is 9.53 Å². The molecule has 27 heavy (non-hydrogen) atoms. The zero-order valence-corrected chi connectivity index (χ0v) is 15.2. The van der Waals surface area contributed by atoms with E-state index in [1.165, 1.54) is 19.2 Å². The highest BCUT2D eigenvalue weighted by molar-refractivity contribution is 5.97. The number of benzene rings is 1. The van der Waals surface area contributed by atoms with Gasteiger partial charge in [0, 0.05) is 31.2 Å². The summed E-state index contributed by atoms with van der Waals surface area (Å²) in [7, 11) is 1.35. The Labute approximate surface area is 157 Å². The van der Waals surface area contributed by atoms with Crippen LogP contribution >= 0.6 is 0 Å². The van der Waals surface area contributed by atoms with E-state index < -0.39 is 23.9 Å². The SMILES string of the molecule is COc1cc(F)ccc1C(=O)N[C@@H]1C[C@H](C(=O)NC2CCOCC2)C[C@H]1O. The van der Waals surface area contributed by atoms with Crippen LogP contribution in [0.2, 0.25) is 0 Å². The van der Waals surface area contributed by atoms with E-state index in [0.717, 1.165) is 18.9 Å². The molecule has 1 saturated carbocycles. The van der Waals surface area contributed by atoms with Crippen molar-refractivity contribution in [3.63, 3.8) is 0 Å². The lowest BCUT2D eigenvalue weighted by atomic mass is 10.0. The van der Waals surface area contributed by atoms with Gasteiger partial charge in [0.05, 0.1) is 24.8 Å². The van der Waals surface area contributed by atoms with Crippen LogP contribution in [0.25, 0.3) is 0 Å². The average Bonchev–Trinajstić information content (AvgIpc) is 3.03. The van der Waals surface area contributed by atoms with E-state index in [9.17, 15) is 19.1 Å². The molecule has 8 heteroatoms. The summed E-state index contributed by atoms with van der Waals surface area (Å²) in [6, 6.07) is 3.19. The molecule has 0 aromatic heterocycles. The second kappa shape index (κ2) is 8.67. The largest absolute Gasteiger partial charge is 0.496 e. The van der Waals surface area contributed by atoms with Gasteiger partial charge in [-0.25, -0.2) is 4.39 Å². The van der Waals surface area contributed by atoms with Crippen LogP contribution in [-0.4, -0.2) is 55.4 Å². The number of amides is 2. The van der Waals surface area contributed by atoms with E-state index in [1.54, 1.807) is 0 Å². The lowest BCUT2D eigenvalue weighted by molar-refractivity contribution is -0.126. The van der Waals surface area contributed by atoms with Crippen molar-refractivity contribution < 1.29 is 28.6 Å². The van der Waals surface area contributed by atoms with Crippen molar-refractivity contribution in [2.45, 2.75) is 43.9 Å². The highest BCUT2D eigenvalue weighted by Gasteiger charge is 2.38. The van der Waals surface area contributed by atoms with Gasteiger partial charge in [-0.1, -0.05) is 0 Å². The topological polar surface area (TPSA) is 96.9 Å². The summed E-state index contributed by atoms with van der Waals surface area (Å²) < 4.78 is 23.6. The highest BCUT2D eigenvalue weighted by Crippen LogP contribution is 2.28. The third-order valence-electron chi connectivity index (χ3n) is 5.19. The smallest absolute Gasteiger partial charge is 0.255 e. The van der Waals surface area contributed by atoms with Crippen LogP contribution in [0.15, 0.2) is 18.2 Å². The minimum Gasteiger partial charge on any atom is -0.496 e. The molecular formula is C19H25FN2O5. The summed E-state index contributed by atoms with van der Waals surface area (Å²) in [4.78, 5) is 25.0. The number of nitrogens with one attached hydrogen (secondary N) is 2. The first-order valence-corrected chi connectivity index (χ1v) is 9.18. The van der Waals surface area contributed by atoms with Gasteiger partial charge in [-0.3, -0.25) is 9.59 Å². The van der Waals surface area contributed by atoms with Crippen molar-refractivity contribution in [3.8, 4) is 5.75 Å². The summed E-state index contributed by atoms with van der Waals surface area (Å²) >= 11 is 0. The molecule has 0 radical (unpaired) electrons. The van der Waals surface area contributed by atoms with Crippen molar-refractivity contribution in [2.24, 2.45) is 5.92 Å². The molecule has 1 aromatic rings. The average molecular weight is 380 g/mol. The zero-order chi connectivity index (χ0) is 19.4. The maximum atomic E-state index is 13.3. The Bertz CT molecular complexity index is 693. The summed E-state index contributed by atoms with van der Waals surface area (Å²) in [5.41, 5.74) is 0.182. The molecule has 0 unspecified atom stereocenters. The van der Waals surface area contributed by atoms with Crippen molar-refractivity contribution in [1.29, 1.82) is 0 Å². The van der Waals surface area contributed by atoms with Gasteiger partial charge in [0.25, 0.3) is 5.91 Å². The Kier molecular flexibility index (Phi) is 6.28. The first-order valence-electron chi connectivity index (χ1n) is 9.18. The van der Waals surface area contributed by atoms with E-state index in [2.05, 4.69) is 10.6 Å². The van der Waals surface area contributed by atoms with Crippen molar-refractivity contribution >= 4 is 11.8 Å². The number of hydrogen-bond donors (Lipinski definition) is 3. The molecule has 1 aliphatic heterocycles. The third-order valence-corrected chi connectivity index (χ3v) is 5.19. The number of carbonyl (C=O) groups excluding carboxylic acids is 2. The van der Waals surface area contributed by atoms with Gasteiger partial charge in [-0.15, -0.1) is 0 Å². The number of methoxy groups -OCH3 is 1. The molecule has 1 heterocycles. The minimum absolute atomic E-state index is 0.0977. The van der Waals surface area contributed by atoms with Crippen LogP contribution in [0.1, 0.15) is 36.0 Å². The molecule has 1 saturated heterocycles. The number of halogens is 1. The fourth-order valence-electron chi connectivity index (χ4n) is 3.64. The molecule has 1 aromatic carbocycles. The molecule has 3 atom stereocenters. The van der Waals surface area contributed by atoms with Crippen LogP contribution < -0.4 is 15.4 Å². The zero-order valence-electron chi connectivity index (χ0n) is 15.2. The number of aliphatic hydroxyl groups is 1. The van der Waals surface area contributed by atoms with Gasteiger partial charge in [0.2, 0.25) is 5.91 Å². The fraction of sp³-hybridized carbons (Fsp3) is 0.579. The Morgan fingerprint density at radius 2 is 1.96 bits per heavy atom. The van der Waals surface area contributed by atoms with E-state index in [-0.39, 0.29) is 29.2 Å². The first kappa shape index (κ1) is 19.6.